The highest BCUT2D eigenvalue weighted by Crippen LogP contribution is 2.24. The summed E-state index contributed by atoms with van der Waals surface area (Å²) in [6.45, 7) is 5.22. The zero-order valence-corrected chi connectivity index (χ0v) is 15.5. The van der Waals surface area contributed by atoms with Crippen LogP contribution < -0.4 is 14.8 Å². The zero-order valence-electron chi connectivity index (χ0n) is 14.7. The van der Waals surface area contributed by atoms with Crippen LogP contribution in [0.5, 0.6) is 5.75 Å². The minimum Gasteiger partial charge on any atom is -0.495 e. The zero-order chi connectivity index (χ0) is 18.6. The molecular formula is C18H22N2O4S. The van der Waals surface area contributed by atoms with Crippen molar-refractivity contribution in [3.63, 3.8) is 0 Å². The molecule has 0 spiro atoms. The fraction of sp³-hybridized carbons (Fsp3) is 0.278. The normalized spacial score (nSPS) is 12.5. The Morgan fingerprint density at radius 2 is 1.64 bits per heavy atom. The minimum absolute atomic E-state index is 0.00462. The fourth-order valence-corrected chi connectivity index (χ4v) is 3.69. The van der Waals surface area contributed by atoms with Crippen molar-refractivity contribution in [1.29, 1.82) is 0 Å². The number of benzene rings is 2. The van der Waals surface area contributed by atoms with Crippen LogP contribution >= 0.6 is 0 Å². The summed E-state index contributed by atoms with van der Waals surface area (Å²) in [7, 11) is -2.50. The van der Waals surface area contributed by atoms with Crippen LogP contribution in [0.15, 0.2) is 47.4 Å². The third kappa shape index (κ3) is 4.80. The van der Waals surface area contributed by atoms with Gasteiger partial charge in [-0.25, -0.2) is 8.42 Å². The summed E-state index contributed by atoms with van der Waals surface area (Å²) in [6, 6.07) is 11.1. The summed E-state index contributed by atoms with van der Waals surface area (Å²) in [5.74, 6) is -0.219. The number of amides is 1. The predicted molar refractivity (Wildman–Crippen MR) is 97.3 cm³/mol. The SMILES string of the molecule is COc1ccc(C)cc1S(=O)(=O)N[C@@H](C)C(=O)Nc1ccc(C)cc1. The molecule has 0 radical (unpaired) electrons. The molecule has 2 aromatic carbocycles. The second-order valence-corrected chi connectivity index (χ2v) is 7.53. The van der Waals surface area contributed by atoms with E-state index in [9.17, 15) is 13.2 Å². The maximum absolute atomic E-state index is 12.6. The van der Waals surface area contributed by atoms with Gasteiger partial charge in [-0.15, -0.1) is 0 Å². The molecule has 0 aromatic heterocycles. The van der Waals surface area contributed by atoms with E-state index in [1.165, 1.54) is 20.1 Å². The summed E-state index contributed by atoms with van der Waals surface area (Å²) in [5.41, 5.74) is 2.45. The average molecular weight is 362 g/mol. The molecule has 7 heteroatoms. The standard InChI is InChI=1S/C18H22N2O4S/c1-12-5-8-15(9-6-12)19-18(21)14(3)20-25(22,23)17-11-13(2)7-10-16(17)24-4/h5-11,14,20H,1-4H3,(H,19,21)/t14-/m0/s1. The minimum atomic E-state index is -3.90. The van der Waals surface area contributed by atoms with Gasteiger partial charge >= 0.3 is 0 Å². The highest BCUT2D eigenvalue weighted by Gasteiger charge is 2.25. The Kier molecular flexibility index (Phi) is 5.81. The number of hydrogen-bond acceptors (Lipinski definition) is 4. The quantitative estimate of drug-likeness (QED) is 0.827. The van der Waals surface area contributed by atoms with Gasteiger partial charge in [-0.05, 0) is 50.6 Å². The molecular weight excluding hydrogens is 340 g/mol. The second kappa shape index (κ2) is 7.67. The molecule has 1 atom stereocenters. The van der Waals surface area contributed by atoms with E-state index in [2.05, 4.69) is 10.0 Å². The Morgan fingerprint density at radius 1 is 1.04 bits per heavy atom. The average Bonchev–Trinajstić information content (AvgIpc) is 2.56. The van der Waals surface area contributed by atoms with E-state index in [-0.39, 0.29) is 10.6 Å². The van der Waals surface area contributed by atoms with Crippen molar-refractivity contribution in [2.24, 2.45) is 0 Å². The number of carbonyl (C=O) groups excluding carboxylic acids is 1. The van der Waals surface area contributed by atoms with Gasteiger partial charge in [0.2, 0.25) is 15.9 Å². The van der Waals surface area contributed by atoms with Crippen LogP contribution in [0.4, 0.5) is 5.69 Å². The van der Waals surface area contributed by atoms with Crippen LogP contribution in [-0.2, 0) is 14.8 Å². The van der Waals surface area contributed by atoms with Crippen molar-refractivity contribution in [3.05, 3.63) is 53.6 Å². The van der Waals surface area contributed by atoms with Gasteiger partial charge in [-0.3, -0.25) is 4.79 Å². The molecule has 1 amide bonds. The first kappa shape index (κ1) is 19.0. The van der Waals surface area contributed by atoms with Gasteiger partial charge in [-0.1, -0.05) is 23.8 Å². The predicted octanol–water partition coefficient (Wildman–Crippen LogP) is 2.62. The third-order valence-electron chi connectivity index (χ3n) is 3.65. The van der Waals surface area contributed by atoms with Crippen molar-refractivity contribution < 1.29 is 17.9 Å². The number of carbonyl (C=O) groups is 1. The van der Waals surface area contributed by atoms with Gasteiger partial charge < -0.3 is 10.1 Å². The number of methoxy groups -OCH3 is 1. The second-order valence-electron chi connectivity index (χ2n) is 5.85. The lowest BCUT2D eigenvalue weighted by Crippen LogP contribution is -2.41. The Balaban J connectivity index is 2.15. The molecule has 2 rings (SSSR count). The third-order valence-corrected chi connectivity index (χ3v) is 5.21. The number of anilines is 1. The molecule has 0 aliphatic carbocycles. The number of ether oxygens (including phenoxy) is 1. The van der Waals surface area contributed by atoms with Crippen molar-refractivity contribution in [2.45, 2.75) is 31.7 Å². The van der Waals surface area contributed by atoms with Gasteiger partial charge in [0, 0.05) is 5.69 Å². The Labute approximate surface area is 148 Å². The van der Waals surface area contributed by atoms with E-state index >= 15 is 0 Å². The maximum atomic E-state index is 12.6. The van der Waals surface area contributed by atoms with Gasteiger partial charge in [0.05, 0.1) is 13.2 Å². The van der Waals surface area contributed by atoms with Crippen LogP contribution in [0.3, 0.4) is 0 Å². The molecule has 134 valence electrons. The Morgan fingerprint density at radius 3 is 2.24 bits per heavy atom. The van der Waals surface area contributed by atoms with Crippen LogP contribution in [0.25, 0.3) is 0 Å². The van der Waals surface area contributed by atoms with Gasteiger partial charge in [0.15, 0.2) is 0 Å². The lowest BCUT2D eigenvalue weighted by Gasteiger charge is -2.16. The van der Waals surface area contributed by atoms with Crippen LogP contribution in [0.1, 0.15) is 18.1 Å². The number of nitrogens with one attached hydrogen (secondary N) is 2. The molecule has 2 N–H and O–H groups in total. The molecule has 0 saturated heterocycles. The van der Waals surface area contributed by atoms with E-state index in [1.54, 1.807) is 31.2 Å². The van der Waals surface area contributed by atoms with E-state index in [0.29, 0.717) is 5.69 Å². The molecule has 2 aromatic rings. The molecule has 0 bridgehead atoms. The molecule has 0 aliphatic rings. The monoisotopic (exact) mass is 362 g/mol. The first-order valence-electron chi connectivity index (χ1n) is 7.77. The molecule has 0 fully saturated rings. The van der Waals surface area contributed by atoms with Gasteiger partial charge in [0.1, 0.15) is 10.6 Å². The van der Waals surface area contributed by atoms with E-state index in [1.807, 2.05) is 19.1 Å². The van der Waals surface area contributed by atoms with E-state index in [0.717, 1.165) is 11.1 Å². The first-order valence-corrected chi connectivity index (χ1v) is 9.26. The molecule has 25 heavy (non-hydrogen) atoms. The van der Waals surface area contributed by atoms with E-state index in [4.69, 9.17) is 4.74 Å². The van der Waals surface area contributed by atoms with Crippen LogP contribution in [0.2, 0.25) is 0 Å². The largest absolute Gasteiger partial charge is 0.495 e. The molecule has 6 nitrogen and oxygen atoms in total. The Bertz CT molecular complexity index is 861. The topological polar surface area (TPSA) is 84.5 Å². The summed E-state index contributed by atoms with van der Waals surface area (Å²) < 4.78 is 32.7. The van der Waals surface area contributed by atoms with Crippen LogP contribution in [0, 0.1) is 13.8 Å². The molecule has 0 aliphatic heterocycles. The first-order chi connectivity index (χ1) is 11.7. The van der Waals surface area contributed by atoms with Crippen molar-refractivity contribution in [1.82, 2.24) is 4.72 Å². The van der Waals surface area contributed by atoms with Gasteiger partial charge in [0.25, 0.3) is 0 Å². The van der Waals surface area contributed by atoms with Crippen molar-refractivity contribution >= 4 is 21.6 Å². The smallest absolute Gasteiger partial charge is 0.244 e. The molecule has 0 unspecified atom stereocenters. The fourth-order valence-electron chi connectivity index (χ4n) is 2.23. The summed E-state index contributed by atoms with van der Waals surface area (Å²) in [4.78, 5) is 12.3. The number of hydrogen-bond donors (Lipinski definition) is 2. The lowest BCUT2D eigenvalue weighted by atomic mass is 10.2. The molecule has 0 heterocycles. The Hall–Kier alpha value is -2.38. The highest BCUT2D eigenvalue weighted by molar-refractivity contribution is 7.89. The summed E-state index contributed by atoms with van der Waals surface area (Å²) in [6.07, 6.45) is 0. The van der Waals surface area contributed by atoms with Crippen LogP contribution in [-0.4, -0.2) is 27.5 Å². The lowest BCUT2D eigenvalue weighted by molar-refractivity contribution is -0.117. The maximum Gasteiger partial charge on any atom is 0.244 e. The number of rotatable bonds is 6. The summed E-state index contributed by atoms with van der Waals surface area (Å²) >= 11 is 0. The summed E-state index contributed by atoms with van der Waals surface area (Å²) in [5, 5.41) is 2.69. The molecule has 0 saturated carbocycles. The van der Waals surface area contributed by atoms with Crippen molar-refractivity contribution in [3.8, 4) is 5.75 Å². The van der Waals surface area contributed by atoms with Crippen molar-refractivity contribution in [2.75, 3.05) is 12.4 Å². The van der Waals surface area contributed by atoms with Gasteiger partial charge in [-0.2, -0.15) is 4.72 Å². The number of aryl methyl sites for hydroxylation is 2. The number of sulfonamides is 1. The van der Waals surface area contributed by atoms with E-state index < -0.39 is 22.0 Å². The highest BCUT2D eigenvalue weighted by atomic mass is 32.2.